The minimum atomic E-state index is -0.330. The minimum Gasteiger partial charge on any atom is -0.497 e. The first kappa shape index (κ1) is 17.5. The molecular weight excluding hydrogens is 338 g/mol. The molecule has 1 aliphatic rings. The van der Waals surface area contributed by atoms with E-state index >= 15 is 0 Å². The first-order valence-corrected chi connectivity index (χ1v) is 9.29. The molecule has 0 unspecified atom stereocenters. The van der Waals surface area contributed by atoms with E-state index in [0.29, 0.717) is 11.6 Å². The van der Waals surface area contributed by atoms with Gasteiger partial charge in [-0.1, -0.05) is 23.9 Å². The number of nitrogens with zero attached hydrogens (tertiary/aromatic N) is 1. The highest BCUT2D eigenvalue weighted by atomic mass is 32.2. The molecule has 0 spiro atoms. The number of thioether (sulfide) groups is 1. The Labute approximate surface area is 150 Å². The van der Waals surface area contributed by atoms with Crippen molar-refractivity contribution in [2.45, 2.75) is 30.7 Å². The number of methoxy groups -OCH3 is 1. The molecule has 0 aliphatic heterocycles. The lowest BCUT2D eigenvalue weighted by Gasteiger charge is -2.08. The lowest BCUT2D eigenvalue weighted by Crippen LogP contribution is -2.27. The monoisotopic (exact) mass is 359 g/mol. The zero-order chi connectivity index (χ0) is 17.6. The highest BCUT2D eigenvalue weighted by molar-refractivity contribution is 7.99. The Bertz CT molecular complexity index is 802. The molecule has 1 heterocycles. The van der Waals surface area contributed by atoms with Gasteiger partial charge in [-0.3, -0.25) is 4.79 Å². The second-order valence-corrected chi connectivity index (χ2v) is 6.86. The van der Waals surface area contributed by atoms with Crippen molar-refractivity contribution in [1.29, 1.82) is 0 Å². The van der Waals surface area contributed by atoms with E-state index in [4.69, 9.17) is 4.74 Å². The van der Waals surface area contributed by atoms with Gasteiger partial charge >= 0.3 is 5.69 Å². The number of aromatic nitrogens is 2. The quantitative estimate of drug-likeness (QED) is 0.581. The number of carbonyl (C=O) groups excluding carboxylic acids is 1. The summed E-state index contributed by atoms with van der Waals surface area (Å²) in [5, 5.41) is 3.60. The van der Waals surface area contributed by atoms with Gasteiger partial charge < -0.3 is 15.0 Å². The van der Waals surface area contributed by atoms with Gasteiger partial charge in [-0.05, 0) is 43.4 Å². The summed E-state index contributed by atoms with van der Waals surface area (Å²) in [5.41, 5.74) is 2.88. The summed E-state index contributed by atoms with van der Waals surface area (Å²) in [5.74, 6) is 1.04. The van der Waals surface area contributed by atoms with Gasteiger partial charge in [0.1, 0.15) is 10.8 Å². The number of carbonyl (C=O) groups is 1. The van der Waals surface area contributed by atoms with Crippen LogP contribution in [0.2, 0.25) is 0 Å². The number of amides is 1. The van der Waals surface area contributed by atoms with E-state index in [1.54, 1.807) is 7.11 Å². The average Bonchev–Trinajstić information content (AvgIpc) is 3.08. The zero-order valence-corrected chi connectivity index (χ0v) is 14.9. The zero-order valence-electron chi connectivity index (χ0n) is 14.1. The molecule has 0 radical (unpaired) electrons. The Kier molecular flexibility index (Phi) is 5.75. The standard InChI is InChI=1S/C18H21N3O3S/c1-24-13-7-5-12(6-8-13)9-10-19-16(22)11-25-17-14-3-2-4-15(14)20-18(23)21-17/h5-8H,2-4,9-11H2,1H3,(H,19,22)(H,20,21,23). The van der Waals surface area contributed by atoms with Crippen molar-refractivity contribution in [2.24, 2.45) is 0 Å². The number of hydrogen-bond donors (Lipinski definition) is 2. The third-order valence-corrected chi connectivity index (χ3v) is 5.19. The second kappa shape index (κ2) is 8.20. The maximum Gasteiger partial charge on any atom is 0.346 e. The highest BCUT2D eigenvalue weighted by Gasteiger charge is 2.18. The molecular formula is C18H21N3O3S. The fourth-order valence-electron chi connectivity index (χ4n) is 2.88. The van der Waals surface area contributed by atoms with Crippen molar-refractivity contribution >= 4 is 17.7 Å². The van der Waals surface area contributed by atoms with E-state index in [1.165, 1.54) is 11.8 Å². The predicted molar refractivity (Wildman–Crippen MR) is 97.3 cm³/mol. The minimum absolute atomic E-state index is 0.0488. The normalized spacial score (nSPS) is 12.7. The van der Waals surface area contributed by atoms with Crippen molar-refractivity contribution in [3.8, 4) is 5.75 Å². The largest absolute Gasteiger partial charge is 0.497 e. The van der Waals surface area contributed by atoms with E-state index in [2.05, 4.69) is 15.3 Å². The summed E-state index contributed by atoms with van der Waals surface area (Å²) in [6.07, 6.45) is 3.59. The molecule has 0 saturated carbocycles. The van der Waals surface area contributed by atoms with Gasteiger partial charge in [-0.15, -0.1) is 0 Å². The Morgan fingerprint density at radius 1 is 1.32 bits per heavy atom. The lowest BCUT2D eigenvalue weighted by atomic mass is 10.1. The van der Waals surface area contributed by atoms with Crippen molar-refractivity contribution in [3.63, 3.8) is 0 Å². The van der Waals surface area contributed by atoms with Crippen molar-refractivity contribution in [2.75, 3.05) is 19.4 Å². The molecule has 1 aromatic heterocycles. The molecule has 0 fully saturated rings. The van der Waals surface area contributed by atoms with E-state index in [1.807, 2.05) is 24.3 Å². The molecule has 0 atom stereocenters. The van der Waals surface area contributed by atoms with Gasteiger partial charge in [0.05, 0.1) is 12.9 Å². The number of hydrogen-bond acceptors (Lipinski definition) is 5. The van der Waals surface area contributed by atoms with Crippen LogP contribution < -0.4 is 15.7 Å². The molecule has 0 bridgehead atoms. The van der Waals surface area contributed by atoms with E-state index in [0.717, 1.165) is 48.3 Å². The molecule has 2 N–H and O–H groups in total. The van der Waals surface area contributed by atoms with Crippen LogP contribution in [-0.4, -0.2) is 35.3 Å². The SMILES string of the molecule is COc1ccc(CCNC(=O)CSc2nc(=O)[nH]c3c2CCC3)cc1. The second-order valence-electron chi connectivity index (χ2n) is 5.89. The van der Waals surface area contributed by atoms with Crippen LogP contribution in [0.15, 0.2) is 34.1 Å². The molecule has 2 aromatic rings. The Morgan fingerprint density at radius 2 is 2.12 bits per heavy atom. The number of rotatable bonds is 7. The number of aromatic amines is 1. The maximum atomic E-state index is 12.0. The molecule has 0 saturated heterocycles. The van der Waals surface area contributed by atoms with Gasteiger partial charge in [0, 0.05) is 17.8 Å². The smallest absolute Gasteiger partial charge is 0.346 e. The summed E-state index contributed by atoms with van der Waals surface area (Å²) in [7, 11) is 1.64. The first-order valence-electron chi connectivity index (χ1n) is 8.30. The van der Waals surface area contributed by atoms with Crippen LogP contribution in [0.5, 0.6) is 5.75 Å². The summed E-state index contributed by atoms with van der Waals surface area (Å²) in [6.45, 7) is 0.576. The van der Waals surface area contributed by atoms with Crippen LogP contribution in [0.1, 0.15) is 23.2 Å². The summed E-state index contributed by atoms with van der Waals surface area (Å²) >= 11 is 1.34. The van der Waals surface area contributed by atoms with Crippen LogP contribution in [-0.2, 0) is 24.1 Å². The van der Waals surface area contributed by atoms with Gasteiger partial charge in [-0.25, -0.2) is 4.79 Å². The Balaban J connectivity index is 1.46. The topological polar surface area (TPSA) is 84.1 Å². The van der Waals surface area contributed by atoms with Gasteiger partial charge in [0.15, 0.2) is 0 Å². The molecule has 6 nitrogen and oxygen atoms in total. The van der Waals surface area contributed by atoms with E-state index < -0.39 is 0 Å². The summed E-state index contributed by atoms with van der Waals surface area (Å²) < 4.78 is 5.12. The molecule has 3 rings (SSSR count). The van der Waals surface area contributed by atoms with Gasteiger partial charge in [0.2, 0.25) is 5.91 Å². The average molecular weight is 359 g/mol. The number of ether oxygens (including phenoxy) is 1. The number of aryl methyl sites for hydroxylation is 1. The summed E-state index contributed by atoms with van der Waals surface area (Å²) in [4.78, 5) is 30.4. The molecule has 132 valence electrons. The predicted octanol–water partition coefficient (Wildman–Crippen LogP) is 1.72. The third-order valence-electron chi connectivity index (χ3n) is 4.17. The molecule has 1 amide bonds. The van der Waals surface area contributed by atoms with Crippen LogP contribution in [0.3, 0.4) is 0 Å². The Hall–Kier alpha value is -2.28. The van der Waals surface area contributed by atoms with Crippen molar-refractivity contribution < 1.29 is 9.53 Å². The van der Waals surface area contributed by atoms with Gasteiger partial charge in [0.25, 0.3) is 0 Å². The third kappa shape index (κ3) is 4.63. The lowest BCUT2D eigenvalue weighted by molar-refractivity contribution is -0.118. The number of fused-ring (bicyclic) bond motifs is 1. The highest BCUT2D eigenvalue weighted by Crippen LogP contribution is 2.27. The van der Waals surface area contributed by atoms with Crippen LogP contribution >= 0.6 is 11.8 Å². The first-order chi connectivity index (χ1) is 12.2. The fraction of sp³-hybridized carbons (Fsp3) is 0.389. The molecule has 25 heavy (non-hydrogen) atoms. The fourth-order valence-corrected chi connectivity index (χ4v) is 3.79. The summed E-state index contributed by atoms with van der Waals surface area (Å²) in [6, 6.07) is 7.80. The number of nitrogens with one attached hydrogen (secondary N) is 2. The number of benzene rings is 1. The van der Waals surface area contributed by atoms with Crippen LogP contribution in [0.4, 0.5) is 0 Å². The molecule has 7 heteroatoms. The van der Waals surface area contributed by atoms with Crippen molar-refractivity contribution in [3.05, 3.63) is 51.6 Å². The van der Waals surface area contributed by atoms with Gasteiger partial charge in [-0.2, -0.15) is 4.98 Å². The maximum absolute atomic E-state index is 12.0. The van der Waals surface area contributed by atoms with E-state index in [-0.39, 0.29) is 17.3 Å². The van der Waals surface area contributed by atoms with Crippen LogP contribution in [0, 0.1) is 0 Å². The number of H-pyrrole nitrogens is 1. The van der Waals surface area contributed by atoms with E-state index in [9.17, 15) is 9.59 Å². The molecule has 1 aromatic carbocycles. The Morgan fingerprint density at radius 3 is 2.88 bits per heavy atom. The van der Waals surface area contributed by atoms with Crippen molar-refractivity contribution in [1.82, 2.24) is 15.3 Å². The molecule has 1 aliphatic carbocycles. The van der Waals surface area contributed by atoms with Crippen LogP contribution in [0.25, 0.3) is 0 Å².